The molecule has 0 aliphatic heterocycles. The van der Waals surface area contributed by atoms with Crippen LogP contribution in [0, 0.1) is 0 Å². The highest BCUT2D eigenvalue weighted by molar-refractivity contribution is 9.10. The summed E-state index contributed by atoms with van der Waals surface area (Å²) in [6.45, 7) is 0. The number of hydrogen-bond acceptors (Lipinski definition) is 1. The summed E-state index contributed by atoms with van der Waals surface area (Å²) in [7, 11) is 0. The number of phenolic OH excluding ortho intramolecular Hbond substituents is 1. The van der Waals surface area contributed by atoms with E-state index in [1.807, 2.05) is 24.3 Å². The van der Waals surface area contributed by atoms with Crippen LogP contribution in [0.15, 0.2) is 53.0 Å². The number of halogens is 2. The normalized spacial score (nSPS) is 12.3. The molecule has 2 rings (SSSR count). The summed E-state index contributed by atoms with van der Waals surface area (Å²) >= 11 is 9.55. The van der Waals surface area contributed by atoms with Gasteiger partial charge in [-0.05, 0) is 41.8 Å². The molecular formula is C15H14BrClO. The summed E-state index contributed by atoms with van der Waals surface area (Å²) in [5.41, 5.74) is 2.41. The van der Waals surface area contributed by atoms with Crippen LogP contribution in [0.1, 0.15) is 17.0 Å². The molecular weight excluding hydrogens is 312 g/mol. The van der Waals surface area contributed by atoms with Gasteiger partial charge in [0.2, 0.25) is 0 Å². The minimum absolute atomic E-state index is 0.286. The quantitative estimate of drug-likeness (QED) is 0.806. The number of aromatic hydroxyl groups is 1. The van der Waals surface area contributed by atoms with Crippen molar-refractivity contribution in [2.75, 3.05) is 5.88 Å². The second-order valence-electron chi connectivity index (χ2n) is 4.28. The maximum absolute atomic E-state index is 9.27. The van der Waals surface area contributed by atoms with Gasteiger partial charge < -0.3 is 5.11 Å². The fourth-order valence-electron chi connectivity index (χ4n) is 1.94. The lowest BCUT2D eigenvalue weighted by molar-refractivity contribution is 0.475. The Balaban J connectivity index is 2.17. The summed E-state index contributed by atoms with van der Waals surface area (Å²) in [6, 6.07) is 15.5. The zero-order valence-corrected chi connectivity index (χ0v) is 12.2. The third-order valence-electron chi connectivity index (χ3n) is 2.92. The molecule has 0 heterocycles. The maximum Gasteiger partial charge on any atom is 0.115 e. The first-order valence-electron chi connectivity index (χ1n) is 5.78. The van der Waals surface area contributed by atoms with E-state index in [9.17, 15) is 5.11 Å². The summed E-state index contributed by atoms with van der Waals surface area (Å²) < 4.78 is 1.07. The lowest BCUT2D eigenvalue weighted by Crippen LogP contribution is -2.04. The van der Waals surface area contributed by atoms with Crippen molar-refractivity contribution in [2.24, 2.45) is 0 Å². The van der Waals surface area contributed by atoms with Gasteiger partial charge in [0, 0.05) is 16.3 Å². The lowest BCUT2D eigenvalue weighted by Gasteiger charge is -2.15. The van der Waals surface area contributed by atoms with Crippen LogP contribution in [-0.2, 0) is 6.42 Å². The second-order valence-corrected chi connectivity index (χ2v) is 5.50. The first-order valence-corrected chi connectivity index (χ1v) is 7.11. The largest absolute Gasteiger partial charge is 0.508 e. The fraction of sp³-hybridized carbons (Fsp3) is 0.200. The smallest absolute Gasteiger partial charge is 0.115 e. The van der Waals surface area contributed by atoms with Gasteiger partial charge in [0.1, 0.15) is 5.75 Å². The van der Waals surface area contributed by atoms with Crippen LogP contribution in [0.4, 0.5) is 0 Å². The Bertz CT molecular complexity index is 510. The van der Waals surface area contributed by atoms with Gasteiger partial charge in [-0.2, -0.15) is 0 Å². The Kier molecular flexibility index (Phi) is 4.67. The Morgan fingerprint density at radius 2 is 1.83 bits per heavy atom. The SMILES string of the molecule is Oc1ccc(CC(CCl)c2cccc(Br)c2)cc1. The molecule has 0 radical (unpaired) electrons. The van der Waals surface area contributed by atoms with E-state index in [-0.39, 0.29) is 5.92 Å². The molecule has 1 nitrogen and oxygen atoms in total. The van der Waals surface area contributed by atoms with Gasteiger partial charge in [-0.1, -0.05) is 40.2 Å². The molecule has 1 atom stereocenters. The molecule has 94 valence electrons. The molecule has 0 bridgehead atoms. The Morgan fingerprint density at radius 3 is 2.44 bits per heavy atom. The van der Waals surface area contributed by atoms with Gasteiger partial charge >= 0.3 is 0 Å². The first kappa shape index (κ1) is 13.4. The molecule has 1 N–H and O–H groups in total. The predicted octanol–water partition coefficient (Wildman–Crippen LogP) is 4.72. The van der Waals surface area contributed by atoms with Crippen LogP contribution < -0.4 is 0 Å². The van der Waals surface area contributed by atoms with Crippen molar-refractivity contribution in [1.29, 1.82) is 0 Å². The Labute approximate surface area is 121 Å². The standard InChI is InChI=1S/C15H14BrClO/c16-14-3-1-2-12(9-14)13(10-17)8-11-4-6-15(18)7-5-11/h1-7,9,13,18H,8,10H2. The molecule has 0 saturated heterocycles. The average molecular weight is 326 g/mol. The van der Waals surface area contributed by atoms with Gasteiger partial charge in [-0.25, -0.2) is 0 Å². The minimum atomic E-state index is 0.286. The van der Waals surface area contributed by atoms with Gasteiger partial charge in [0.25, 0.3) is 0 Å². The summed E-state index contributed by atoms with van der Waals surface area (Å²) in [6.07, 6.45) is 0.875. The third kappa shape index (κ3) is 3.50. The molecule has 0 fully saturated rings. The minimum Gasteiger partial charge on any atom is -0.508 e. The first-order chi connectivity index (χ1) is 8.69. The third-order valence-corrected chi connectivity index (χ3v) is 3.79. The highest BCUT2D eigenvalue weighted by atomic mass is 79.9. The molecule has 0 aromatic heterocycles. The Hall–Kier alpha value is -0.990. The van der Waals surface area contributed by atoms with E-state index >= 15 is 0 Å². The van der Waals surface area contributed by atoms with E-state index < -0.39 is 0 Å². The number of hydrogen-bond donors (Lipinski definition) is 1. The van der Waals surface area contributed by atoms with Crippen molar-refractivity contribution in [2.45, 2.75) is 12.3 Å². The zero-order chi connectivity index (χ0) is 13.0. The molecule has 0 spiro atoms. The van der Waals surface area contributed by atoms with Crippen molar-refractivity contribution in [3.8, 4) is 5.75 Å². The van der Waals surface area contributed by atoms with Gasteiger partial charge in [0.05, 0.1) is 0 Å². The molecule has 3 heteroatoms. The number of rotatable bonds is 4. The van der Waals surface area contributed by atoms with E-state index in [0.29, 0.717) is 11.6 Å². The molecule has 0 aliphatic rings. The topological polar surface area (TPSA) is 20.2 Å². The predicted molar refractivity (Wildman–Crippen MR) is 79.4 cm³/mol. The fourth-order valence-corrected chi connectivity index (χ4v) is 2.64. The molecule has 2 aromatic carbocycles. The maximum atomic E-state index is 9.27. The van der Waals surface area contributed by atoms with Crippen molar-refractivity contribution in [1.82, 2.24) is 0 Å². The second kappa shape index (κ2) is 6.26. The van der Waals surface area contributed by atoms with Crippen molar-refractivity contribution in [3.63, 3.8) is 0 Å². The van der Waals surface area contributed by atoms with Crippen LogP contribution in [0.2, 0.25) is 0 Å². The molecule has 0 saturated carbocycles. The van der Waals surface area contributed by atoms with Crippen molar-refractivity contribution >= 4 is 27.5 Å². The van der Waals surface area contributed by atoms with Crippen LogP contribution in [0.5, 0.6) is 5.75 Å². The molecule has 0 amide bonds. The number of phenols is 1. The van der Waals surface area contributed by atoms with Gasteiger partial charge in [0.15, 0.2) is 0 Å². The monoisotopic (exact) mass is 324 g/mol. The average Bonchev–Trinajstić information content (AvgIpc) is 2.38. The highest BCUT2D eigenvalue weighted by Crippen LogP contribution is 2.25. The number of alkyl halides is 1. The summed E-state index contributed by atoms with van der Waals surface area (Å²) in [5, 5.41) is 9.27. The van der Waals surface area contributed by atoms with E-state index in [0.717, 1.165) is 10.9 Å². The summed E-state index contributed by atoms with van der Waals surface area (Å²) in [4.78, 5) is 0. The number of benzene rings is 2. The lowest BCUT2D eigenvalue weighted by atomic mass is 9.93. The van der Waals surface area contributed by atoms with E-state index in [4.69, 9.17) is 11.6 Å². The Morgan fingerprint density at radius 1 is 1.11 bits per heavy atom. The summed E-state index contributed by atoms with van der Waals surface area (Å²) in [5.74, 6) is 1.16. The van der Waals surface area contributed by atoms with Crippen LogP contribution in [0.25, 0.3) is 0 Å². The molecule has 0 aliphatic carbocycles. The van der Waals surface area contributed by atoms with Crippen LogP contribution >= 0.6 is 27.5 Å². The highest BCUT2D eigenvalue weighted by Gasteiger charge is 2.11. The van der Waals surface area contributed by atoms with Crippen LogP contribution in [0.3, 0.4) is 0 Å². The van der Waals surface area contributed by atoms with E-state index in [2.05, 4.69) is 28.1 Å². The van der Waals surface area contributed by atoms with Crippen molar-refractivity contribution < 1.29 is 5.11 Å². The van der Waals surface area contributed by atoms with Crippen molar-refractivity contribution in [3.05, 3.63) is 64.1 Å². The molecule has 1 unspecified atom stereocenters. The van der Waals surface area contributed by atoms with Crippen LogP contribution in [-0.4, -0.2) is 11.0 Å². The van der Waals surface area contributed by atoms with E-state index in [1.54, 1.807) is 12.1 Å². The van der Waals surface area contributed by atoms with Gasteiger partial charge in [-0.15, -0.1) is 11.6 Å². The van der Waals surface area contributed by atoms with E-state index in [1.165, 1.54) is 11.1 Å². The van der Waals surface area contributed by atoms with Gasteiger partial charge in [-0.3, -0.25) is 0 Å². The molecule has 2 aromatic rings. The molecule has 18 heavy (non-hydrogen) atoms. The zero-order valence-electron chi connectivity index (χ0n) is 9.81.